The fraction of sp³-hybridized carbons (Fsp3) is 0.235. The van der Waals surface area contributed by atoms with Crippen LogP contribution in [0.15, 0.2) is 35.3 Å². The zero-order chi connectivity index (χ0) is 17.5. The van der Waals surface area contributed by atoms with E-state index in [2.05, 4.69) is 11.1 Å². The highest BCUT2D eigenvalue weighted by molar-refractivity contribution is 7.14. The van der Waals surface area contributed by atoms with Gasteiger partial charge in [-0.25, -0.2) is 4.99 Å². The molecule has 24 heavy (non-hydrogen) atoms. The number of hydrogen-bond acceptors (Lipinski definition) is 6. The van der Waals surface area contributed by atoms with E-state index >= 15 is 0 Å². The molecule has 6 nitrogen and oxygen atoms in total. The van der Waals surface area contributed by atoms with Gasteiger partial charge in [-0.1, -0.05) is 12.1 Å². The largest absolute Gasteiger partial charge is 0.499 e. The van der Waals surface area contributed by atoms with Crippen molar-refractivity contribution < 1.29 is 9.90 Å². The van der Waals surface area contributed by atoms with Crippen LogP contribution in [0.1, 0.15) is 23.8 Å². The summed E-state index contributed by atoms with van der Waals surface area (Å²) >= 11 is 1.17. The number of nitrogens with zero attached hydrogens (tertiary/aromatic N) is 3. The van der Waals surface area contributed by atoms with Gasteiger partial charge in [-0.3, -0.25) is 9.69 Å². The number of benzene rings is 1. The first-order valence-electron chi connectivity index (χ1n) is 7.30. The van der Waals surface area contributed by atoms with E-state index in [0.717, 1.165) is 10.4 Å². The van der Waals surface area contributed by atoms with Crippen LogP contribution in [0, 0.1) is 11.3 Å². The van der Waals surface area contributed by atoms with E-state index in [1.165, 1.54) is 16.2 Å². The van der Waals surface area contributed by atoms with Crippen LogP contribution in [0.5, 0.6) is 5.06 Å². The van der Waals surface area contributed by atoms with Crippen molar-refractivity contribution in [2.75, 3.05) is 7.05 Å². The molecule has 0 spiro atoms. The number of nitriles is 1. The summed E-state index contributed by atoms with van der Waals surface area (Å²) in [6.07, 6.45) is 0.182. The number of nitrogens with two attached hydrogens (primary N) is 1. The Morgan fingerprint density at radius 3 is 2.88 bits per heavy atom. The predicted octanol–water partition coefficient (Wildman–Crippen LogP) is 2.38. The van der Waals surface area contributed by atoms with Crippen molar-refractivity contribution in [2.45, 2.75) is 18.9 Å². The van der Waals surface area contributed by atoms with Crippen molar-refractivity contribution in [2.24, 2.45) is 10.7 Å². The molecule has 1 amide bonds. The Balaban J connectivity index is 2.06. The van der Waals surface area contributed by atoms with Gasteiger partial charge in [-0.05, 0) is 30.7 Å². The summed E-state index contributed by atoms with van der Waals surface area (Å²) in [4.78, 5) is 18.6. The molecule has 0 bridgehead atoms. The highest BCUT2D eigenvalue weighted by Crippen LogP contribution is 2.45. The summed E-state index contributed by atoms with van der Waals surface area (Å²) in [6, 6.07) is 10.9. The molecular formula is C17H16N4O2S. The Kier molecular flexibility index (Phi) is 3.78. The van der Waals surface area contributed by atoms with Crippen molar-refractivity contribution in [3.8, 4) is 22.3 Å². The van der Waals surface area contributed by atoms with Crippen LogP contribution >= 0.6 is 11.3 Å². The average molecular weight is 340 g/mol. The van der Waals surface area contributed by atoms with Crippen LogP contribution in [0.2, 0.25) is 0 Å². The molecule has 2 aromatic rings. The molecule has 3 N–H and O–H groups in total. The molecule has 0 radical (unpaired) electrons. The SMILES string of the molecule is CN1C(=O)C[C@@](C)(c2cc(-c3cccc(C#N)c3)c(O)s2)N=C1N. The third-order valence-corrected chi connectivity index (χ3v) is 5.31. The van der Waals surface area contributed by atoms with E-state index in [9.17, 15) is 9.90 Å². The molecule has 0 unspecified atom stereocenters. The van der Waals surface area contributed by atoms with Gasteiger partial charge in [0.15, 0.2) is 11.0 Å². The molecule has 0 saturated carbocycles. The third-order valence-electron chi connectivity index (χ3n) is 4.12. The van der Waals surface area contributed by atoms with Crippen molar-refractivity contribution >= 4 is 23.2 Å². The topological polar surface area (TPSA) is 103 Å². The van der Waals surface area contributed by atoms with Gasteiger partial charge in [-0.15, -0.1) is 11.3 Å². The van der Waals surface area contributed by atoms with Crippen LogP contribution in [0.3, 0.4) is 0 Å². The molecule has 1 aromatic heterocycles. The maximum absolute atomic E-state index is 12.1. The van der Waals surface area contributed by atoms with Gasteiger partial charge in [0.05, 0.1) is 18.1 Å². The monoisotopic (exact) mass is 340 g/mol. The third kappa shape index (κ3) is 2.61. The van der Waals surface area contributed by atoms with E-state index in [0.29, 0.717) is 11.1 Å². The smallest absolute Gasteiger partial charge is 0.231 e. The van der Waals surface area contributed by atoms with Gasteiger partial charge in [-0.2, -0.15) is 5.26 Å². The van der Waals surface area contributed by atoms with Crippen LogP contribution in [-0.2, 0) is 10.3 Å². The number of guanidine groups is 1. The van der Waals surface area contributed by atoms with Gasteiger partial charge in [0.25, 0.3) is 0 Å². The molecule has 1 aromatic carbocycles. The van der Waals surface area contributed by atoms with Gasteiger partial charge >= 0.3 is 0 Å². The summed E-state index contributed by atoms with van der Waals surface area (Å²) in [5, 5.41) is 19.5. The molecular weight excluding hydrogens is 324 g/mol. The average Bonchev–Trinajstić information content (AvgIpc) is 2.95. The molecule has 1 aliphatic rings. The van der Waals surface area contributed by atoms with E-state index in [4.69, 9.17) is 11.0 Å². The zero-order valence-electron chi connectivity index (χ0n) is 13.3. The Hall–Kier alpha value is -2.85. The second-order valence-corrected chi connectivity index (χ2v) is 6.93. The van der Waals surface area contributed by atoms with Gasteiger partial charge in [0.1, 0.15) is 5.54 Å². The number of aromatic hydroxyl groups is 1. The number of hydrogen-bond donors (Lipinski definition) is 2. The van der Waals surface area contributed by atoms with E-state index in [1.54, 1.807) is 25.2 Å². The maximum Gasteiger partial charge on any atom is 0.231 e. The summed E-state index contributed by atoms with van der Waals surface area (Å²) in [5.74, 6) is 0.0422. The number of aliphatic imine (C=N–C) groups is 1. The number of carbonyl (C=O) groups is 1. The molecule has 2 heterocycles. The number of amides is 1. The normalized spacial score (nSPS) is 20.6. The maximum atomic E-state index is 12.1. The quantitative estimate of drug-likeness (QED) is 0.876. The number of carbonyl (C=O) groups excluding carboxylic acids is 1. The van der Waals surface area contributed by atoms with Crippen molar-refractivity contribution in [3.05, 3.63) is 40.8 Å². The standard InChI is InChI=1S/C17H16N4O2S/c1-17(8-14(22)21(2)16(19)20-17)13-7-12(15(23)24-13)11-5-3-4-10(6-11)9-18/h3-7,23H,8H2,1-2H3,(H2,19,20)/t17-/m0/s1. The molecule has 1 aliphatic heterocycles. The Bertz CT molecular complexity index is 896. The zero-order valence-corrected chi connectivity index (χ0v) is 14.1. The molecule has 122 valence electrons. The molecule has 1 atom stereocenters. The lowest BCUT2D eigenvalue weighted by Gasteiger charge is -2.32. The van der Waals surface area contributed by atoms with Crippen molar-refractivity contribution in [1.29, 1.82) is 5.26 Å². The Morgan fingerprint density at radius 2 is 2.21 bits per heavy atom. The Morgan fingerprint density at radius 1 is 1.46 bits per heavy atom. The summed E-state index contributed by atoms with van der Waals surface area (Å²) < 4.78 is 0. The van der Waals surface area contributed by atoms with Crippen LogP contribution in [-0.4, -0.2) is 28.9 Å². The minimum absolute atomic E-state index is 0.120. The summed E-state index contributed by atoms with van der Waals surface area (Å²) in [5.41, 5.74) is 6.91. The van der Waals surface area contributed by atoms with Crippen molar-refractivity contribution in [3.63, 3.8) is 0 Å². The fourth-order valence-electron chi connectivity index (χ4n) is 2.66. The lowest BCUT2D eigenvalue weighted by Crippen LogP contribution is -2.47. The van der Waals surface area contributed by atoms with E-state index in [1.807, 2.05) is 19.1 Å². The first kappa shape index (κ1) is 16.0. The number of thiophene rings is 1. The minimum atomic E-state index is -0.805. The van der Waals surface area contributed by atoms with E-state index < -0.39 is 5.54 Å². The van der Waals surface area contributed by atoms with Crippen molar-refractivity contribution in [1.82, 2.24) is 4.90 Å². The van der Waals surface area contributed by atoms with Gasteiger partial charge < -0.3 is 10.8 Å². The van der Waals surface area contributed by atoms with Gasteiger partial charge in [0, 0.05) is 17.5 Å². The number of rotatable bonds is 2. The summed E-state index contributed by atoms with van der Waals surface area (Å²) in [7, 11) is 1.59. The lowest BCUT2D eigenvalue weighted by molar-refractivity contribution is -0.128. The molecule has 0 aliphatic carbocycles. The molecule has 7 heteroatoms. The minimum Gasteiger partial charge on any atom is -0.499 e. The molecule has 3 rings (SSSR count). The molecule has 0 fully saturated rings. The van der Waals surface area contributed by atoms with Crippen LogP contribution in [0.4, 0.5) is 0 Å². The van der Waals surface area contributed by atoms with Crippen LogP contribution < -0.4 is 5.73 Å². The van der Waals surface area contributed by atoms with Crippen LogP contribution in [0.25, 0.3) is 11.1 Å². The first-order chi connectivity index (χ1) is 11.3. The summed E-state index contributed by atoms with van der Waals surface area (Å²) in [6.45, 7) is 1.82. The predicted molar refractivity (Wildman–Crippen MR) is 92.5 cm³/mol. The lowest BCUT2D eigenvalue weighted by atomic mass is 9.93. The van der Waals surface area contributed by atoms with E-state index in [-0.39, 0.29) is 23.4 Å². The van der Waals surface area contributed by atoms with Gasteiger partial charge in [0.2, 0.25) is 5.91 Å². The molecule has 0 saturated heterocycles. The second-order valence-electron chi connectivity index (χ2n) is 5.90. The Labute approximate surface area is 143 Å². The highest BCUT2D eigenvalue weighted by Gasteiger charge is 2.38. The highest BCUT2D eigenvalue weighted by atomic mass is 32.1. The second kappa shape index (κ2) is 5.65. The first-order valence-corrected chi connectivity index (χ1v) is 8.11. The fourth-order valence-corrected chi connectivity index (χ4v) is 3.67.